The maximum Gasteiger partial charge on any atom is 0.409 e. The Morgan fingerprint density at radius 3 is 2.76 bits per heavy atom. The van der Waals surface area contributed by atoms with Crippen molar-refractivity contribution in [2.75, 3.05) is 37.7 Å². The van der Waals surface area contributed by atoms with Gasteiger partial charge in [0.2, 0.25) is 0 Å². The summed E-state index contributed by atoms with van der Waals surface area (Å²) in [5.74, 6) is 6.29. The van der Waals surface area contributed by atoms with Gasteiger partial charge in [-0.25, -0.2) is 9.78 Å². The number of nitrogens with zero attached hydrogens (tertiary/aromatic N) is 5. The van der Waals surface area contributed by atoms with E-state index in [9.17, 15) is 4.79 Å². The van der Waals surface area contributed by atoms with E-state index >= 15 is 0 Å². The number of anilines is 1. The zero-order chi connectivity index (χ0) is 20.4. The maximum atomic E-state index is 12.0. The average molecular weight is 392 g/mol. The first-order valence-electron chi connectivity index (χ1n) is 9.71. The third-order valence-electron chi connectivity index (χ3n) is 5.06. The lowest BCUT2D eigenvalue weighted by molar-refractivity contribution is 0.105. The Balaban J connectivity index is 1.72. The molecule has 1 amide bonds. The average Bonchev–Trinajstić information content (AvgIpc) is 3.32. The lowest BCUT2D eigenvalue weighted by Gasteiger charge is -2.35. The van der Waals surface area contributed by atoms with Gasteiger partial charge in [0, 0.05) is 51.2 Å². The second kappa shape index (κ2) is 7.87. The molecule has 1 aliphatic heterocycles. The van der Waals surface area contributed by atoms with Gasteiger partial charge in [-0.05, 0) is 19.9 Å². The maximum absolute atomic E-state index is 12.0. The first-order valence-corrected chi connectivity index (χ1v) is 9.71. The molecule has 0 saturated carbocycles. The van der Waals surface area contributed by atoms with E-state index in [1.165, 1.54) is 0 Å². The summed E-state index contributed by atoms with van der Waals surface area (Å²) in [5, 5.41) is 5.29. The molecule has 29 heavy (non-hydrogen) atoms. The Bertz CT molecular complexity index is 1100. The van der Waals surface area contributed by atoms with Gasteiger partial charge in [-0.15, -0.1) is 5.92 Å². The van der Waals surface area contributed by atoms with Crippen LogP contribution in [0.1, 0.15) is 19.4 Å². The number of carbonyl (C=O) groups is 1. The number of aromatic nitrogens is 4. The molecule has 0 atom stereocenters. The van der Waals surface area contributed by atoms with Crippen molar-refractivity contribution in [2.45, 2.75) is 13.8 Å². The molecule has 0 unspecified atom stereocenters. The number of hydrogen-bond acceptors (Lipinski definition) is 5. The number of fused-ring (bicyclic) bond motifs is 1. The van der Waals surface area contributed by atoms with Gasteiger partial charge in [0.25, 0.3) is 0 Å². The first kappa shape index (κ1) is 18.9. The second-order valence-corrected chi connectivity index (χ2v) is 6.88. The second-order valence-electron chi connectivity index (χ2n) is 6.88. The van der Waals surface area contributed by atoms with Crippen molar-refractivity contribution >= 4 is 22.8 Å². The van der Waals surface area contributed by atoms with Gasteiger partial charge in [0.1, 0.15) is 5.65 Å². The van der Waals surface area contributed by atoms with Crippen LogP contribution < -0.4 is 4.90 Å². The number of ether oxygens (including phenoxy) is 1. The van der Waals surface area contributed by atoms with Crippen molar-refractivity contribution in [3.63, 3.8) is 0 Å². The Morgan fingerprint density at radius 2 is 2.10 bits per heavy atom. The van der Waals surface area contributed by atoms with Gasteiger partial charge < -0.3 is 19.5 Å². The minimum Gasteiger partial charge on any atom is -0.450 e. The molecule has 3 aromatic heterocycles. The fourth-order valence-corrected chi connectivity index (χ4v) is 3.72. The number of rotatable bonds is 3. The molecule has 8 nitrogen and oxygen atoms in total. The van der Waals surface area contributed by atoms with E-state index in [4.69, 9.17) is 4.74 Å². The Labute approximate surface area is 169 Å². The third-order valence-corrected chi connectivity index (χ3v) is 5.06. The van der Waals surface area contributed by atoms with Gasteiger partial charge >= 0.3 is 6.09 Å². The number of carbonyl (C=O) groups excluding carboxylic acids is 1. The van der Waals surface area contributed by atoms with Crippen molar-refractivity contribution in [3.8, 4) is 23.1 Å². The molecule has 0 radical (unpaired) electrons. The van der Waals surface area contributed by atoms with Crippen molar-refractivity contribution in [2.24, 2.45) is 7.05 Å². The van der Waals surface area contributed by atoms with Crippen LogP contribution in [0.25, 0.3) is 22.3 Å². The quantitative estimate of drug-likeness (QED) is 0.693. The van der Waals surface area contributed by atoms with E-state index in [-0.39, 0.29) is 6.09 Å². The summed E-state index contributed by atoms with van der Waals surface area (Å²) in [6.07, 6.45) is 5.35. The Kier molecular flexibility index (Phi) is 5.12. The van der Waals surface area contributed by atoms with Crippen LogP contribution in [0.2, 0.25) is 0 Å². The monoisotopic (exact) mass is 392 g/mol. The number of amides is 1. The molecule has 0 aliphatic carbocycles. The molecular formula is C21H24N6O2. The molecule has 0 aromatic carbocycles. The molecule has 0 spiro atoms. The molecule has 1 aliphatic rings. The fraction of sp³-hybridized carbons (Fsp3) is 0.381. The van der Waals surface area contributed by atoms with E-state index < -0.39 is 0 Å². The molecule has 4 rings (SSSR count). The highest BCUT2D eigenvalue weighted by Crippen LogP contribution is 2.35. The van der Waals surface area contributed by atoms with E-state index in [1.807, 2.05) is 45.6 Å². The number of H-pyrrole nitrogens is 1. The number of hydrogen-bond donors (Lipinski definition) is 1. The van der Waals surface area contributed by atoms with Crippen LogP contribution in [0.5, 0.6) is 0 Å². The van der Waals surface area contributed by atoms with E-state index in [2.05, 4.69) is 31.8 Å². The van der Waals surface area contributed by atoms with Crippen LogP contribution >= 0.6 is 0 Å². The summed E-state index contributed by atoms with van der Waals surface area (Å²) >= 11 is 0. The van der Waals surface area contributed by atoms with Gasteiger partial charge in [-0.2, -0.15) is 5.10 Å². The molecule has 0 bridgehead atoms. The Morgan fingerprint density at radius 1 is 1.31 bits per heavy atom. The van der Waals surface area contributed by atoms with Gasteiger partial charge in [-0.3, -0.25) is 4.68 Å². The minimum absolute atomic E-state index is 0.245. The van der Waals surface area contributed by atoms with Gasteiger partial charge in [-0.1, -0.05) is 5.92 Å². The number of aryl methyl sites for hydroxylation is 1. The highest BCUT2D eigenvalue weighted by Gasteiger charge is 2.25. The predicted molar refractivity (Wildman–Crippen MR) is 112 cm³/mol. The molecule has 4 heterocycles. The summed E-state index contributed by atoms with van der Waals surface area (Å²) in [6.45, 7) is 6.75. The van der Waals surface area contributed by atoms with Crippen LogP contribution in [-0.4, -0.2) is 63.5 Å². The normalized spacial score (nSPS) is 14.0. The van der Waals surface area contributed by atoms with E-state index in [1.54, 1.807) is 9.58 Å². The van der Waals surface area contributed by atoms with Crippen LogP contribution in [0.3, 0.4) is 0 Å². The molecule has 1 N–H and O–H groups in total. The van der Waals surface area contributed by atoms with E-state index in [0.717, 1.165) is 46.6 Å². The highest BCUT2D eigenvalue weighted by atomic mass is 16.6. The Hall–Kier alpha value is -3.47. The van der Waals surface area contributed by atoms with Crippen molar-refractivity contribution in [1.29, 1.82) is 0 Å². The molecule has 1 saturated heterocycles. The zero-order valence-corrected chi connectivity index (χ0v) is 16.9. The summed E-state index contributed by atoms with van der Waals surface area (Å²) < 4.78 is 6.90. The molecule has 1 fully saturated rings. The smallest absolute Gasteiger partial charge is 0.409 e. The lowest BCUT2D eigenvalue weighted by atomic mass is 10.1. The standard InChI is InChI=1S/C21H24N6O2/c1-4-6-16-18-17(26-9-11-27(12-10-26)21(28)29-5-2)7-8-22-20(18)24-19(16)15-13-23-25(3)14-15/h7-8,13-14H,5,9-12H2,1-3H3,(H,22,24). The number of nitrogens with one attached hydrogen (secondary N) is 1. The summed E-state index contributed by atoms with van der Waals surface area (Å²) in [6, 6.07) is 2.02. The van der Waals surface area contributed by atoms with Crippen LogP contribution in [0.15, 0.2) is 24.7 Å². The molecule has 150 valence electrons. The number of aromatic amines is 1. The summed E-state index contributed by atoms with van der Waals surface area (Å²) in [7, 11) is 1.89. The first-order chi connectivity index (χ1) is 14.1. The van der Waals surface area contributed by atoms with Gasteiger partial charge in [0.15, 0.2) is 0 Å². The highest BCUT2D eigenvalue weighted by molar-refractivity contribution is 6.00. The van der Waals surface area contributed by atoms with Crippen LogP contribution in [0, 0.1) is 11.8 Å². The van der Waals surface area contributed by atoms with Crippen molar-refractivity contribution < 1.29 is 9.53 Å². The zero-order valence-electron chi connectivity index (χ0n) is 16.9. The molecule has 8 heteroatoms. The van der Waals surface area contributed by atoms with Crippen molar-refractivity contribution in [3.05, 3.63) is 30.2 Å². The van der Waals surface area contributed by atoms with Crippen LogP contribution in [0.4, 0.5) is 10.5 Å². The molecular weight excluding hydrogens is 368 g/mol. The third kappa shape index (κ3) is 3.51. The van der Waals surface area contributed by atoms with Crippen molar-refractivity contribution in [1.82, 2.24) is 24.6 Å². The number of piperazine rings is 1. The minimum atomic E-state index is -0.245. The SMILES string of the molecule is CC#Cc1c(-c2cnn(C)c2)[nH]c2nccc(N3CCN(C(=O)OCC)CC3)c12. The fourth-order valence-electron chi connectivity index (χ4n) is 3.72. The topological polar surface area (TPSA) is 79.3 Å². The van der Waals surface area contributed by atoms with Gasteiger partial charge in [0.05, 0.1) is 35.1 Å². The molecule has 3 aromatic rings. The van der Waals surface area contributed by atoms with Crippen LogP contribution in [-0.2, 0) is 11.8 Å². The summed E-state index contributed by atoms with van der Waals surface area (Å²) in [5.41, 5.74) is 4.69. The number of pyridine rings is 1. The predicted octanol–water partition coefficient (Wildman–Crippen LogP) is 2.61. The summed E-state index contributed by atoms with van der Waals surface area (Å²) in [4.78, 5) is 24.0. The lowest BCUT2D eigenvalue weighted by Crippen LogP contribution is -2.49. The van der Waals surface area contributed by atoms with E-state index in [0.29, 0.717) is 19.7 Å². The largest absolute Gasteiger partial charge is 0.450 e.